The summed E-state index contributed by atoms with van der Waals surface area (Å²) in [4.78, 5) is 12.7. The van der Waals surface area contributed by atoms with Crippen LogP contribution in [-0.4, -0.2) is 57.0 Å². The molecule has 5 nitrogen and oxygen atoms in total. The van der Waals surface area contributed by atoms with Crippen molar-refractivity contribution in [3.63, 3.8) is 0 Å². The summed E-state index contributed by atoms with van der Waals surface area (Å²) in [6, 6.07) is -0.601. The van der Waals surface area contributed by atoms with Crippen molar-refractivity contribution in [1.82, 2.24) is 4.90 Å². The number of amides is 1. The molecule has 5 heteroatoms. The minimum absolute atomic E-state index is 0.462. The molecule has 0 radical (unpaired) electrons. The maximum atomic E-state index is 11.3. The van der Waals surface area contributed by atoms with Gasteiger partial charge in [0.15, 0.2) is 6.10 Å². The van der Waals surface area contributed by atoms with E-state index in [0.717, 1.165) is 6.42 Å². The largest absolute Gasteiger partial charge is 0.391 e. The van der Waals surface area contributed by atoms with E-state index in [0.29, 0.717) is 13.0 Å². The minimum atomic E-state index is -1.35. The van der Waals surface area contributed by atoms with Gasteiger partial charge < -0.3 is 20.2 Å². The van der Waals surface area contributed by atoms with Crippen LogP contribution in [0.15, 0.2) is 0 Å². The number of rotatable bonds is 0. The lowest BCUT2D eigenvalue weighted by molar-refractivity contribution is -0.137. The van der Waals surface area contributed by atoms with Crippen LogP contribution in [-0.2, 0) is 4.79 Å². The molecule has 0 aromatic carbocycles. The van der Waals surface area contributed by atoms with Crippen LogP contribution in [0.2, 0.25) is 0 Å². The predicted octanol–water partition coefficient (Wildman–Crippen LogP) is -1.93. The second kappa shape index (κ2) is 2.94. The summed E-state index contributed by atoms with van der Waals surface area (Å²) in [7, 11) is 0. The van der Waals surface area contributed by atoms with Crippen LogP contribution in [0.3, 0.4) is 0 Å². The van der Waals surface area contributed by atoms with Crippen molar-refractivity contribution in [2.45, 2.75) is 37.2 Å². The average Bonchev–Trinajstić information content (AvgIpc) is 2.33. The molecule has 13 heavy (non-hydrogen) atoms. The van der Waals surface area contributed by atoms with E-state index >= 15 is 0 Å². The molecule has 74 valence electrons. The molecule has 3 N–H and O–H groups in total. The number of aliphatic hydroxyl groups excluding tert-OH is 3. The fourth-order valence-electron chi connectivity index (χ4n) is 2.17. The quantitative estimate of drug-likeness (QED) is 0.412. The molecule has 2 heterocycles. The van der Waals surface area contributed by atoms with Gasteiger partial charge in [0.1, 0.15) is 6.10 Å². The van der Waals surface area contributed by atoms with Gasteiger partial charge in [-0.15, -0.1) is 0 Å². The molecular formula is C8H13NO4. The summed E-state index contributed by atoms with van der Waals surface area (Å²) >= 11 is 0. The van der Waals surface area contributed by atoms with Gasteiger partial charge in [-0.3, -0.25) is 4.79 Å². The molecule has 2 aliphatic rings. The summed E-state index contributed by atoms with van der Waals surface area (Å²) in [5.41, 5.74) is 0. The fraction of sp³-hybridized carbons (Fsp3) is 0.875. The first kappa shape index (κ1) is 8.93. The van der Waals surface area contributed by atoms with Crippen LogP contribution >= 0.6 is 0 Å². The highest BCUT2D eigenvalue weighted by Gasteiger charge is 2.50. The number of aliphatic hydroxyl groups is 3. The molecule has 4 atom stereocenters. The van der Waals surface area contributed by atoms with Gasteiger partial charge in [-0.25, -0.2) is 0 Å². The highest BCUT2D eigenvalue weighted by Crippen LogP contribution is 2.28. The van der Waals surface area contributed by atoms with E-state index < -0.39 is 30.3 Å². The first-order chi connectivity index (χ1) is 6.13. The molecule has 0 bridgehead atoms. The topological polar surface area (TPSA) is 81.0 Å². The maximum absolute atomic E-state index is 11.3. The second-order valence-corrected chi connectivity index (χ2v) is 3.67. The van der Waals surface area contributed by atoms with Gasteiger partial charge in [0.2, 0.25) is 0 Å². The van der Waals surface area contributed by atoms with Gasteiger partial charge in [-0.05, 0) is 12.8 Å². The van der Waals surface area contributed by atoms with Crippen molar-refractivity contribution in [1.29, 1.82) is 0 Å². The number of carbonyl (C=O) groups excluding carboxylic acids is 1. The Hall–Kier alpha value is -0.650. The Morgan fingerprint density at radius 1 is 1.31 bits per heavy atom. The van der Waals surface area contributed by atoms with Crippen LogP contribution in [0.4, 0.5) is 0 Å². The summed E-state index contributed by atoms with van der Waals surface area (Å²) < 4.78 is 0. The van der Waals surface area contributed by atoms with Crippen molar-refractivity contribution in [2.75, 3.05) is 6.54 Å². The predicted molar refractivity (Wildman–Crippen MR) is 42.8 cm³/mol. The Morgan fingerprint density at radius 3 is 2.62 bits per heavy atom. The monoisotopic (exact) mass is 187 g/mol. The number of carbonyl (C=O) groups is 1. The zero-order chi connectivity index (χ0) is 9.59. The molecule has 1 amide bonds. The minimum Gasteiger partial charge on any atom is -0.391 e. The molecule has 0 aromatic rings. The van der Waals surface area contributed by atoms with Crippen LogP contribution < -0.4 is 0 Å². The molecule has 0 spiro atoms. The Morgan fingerprint density at radius 2 is 2.00 bits per heavy atom. The molecule has 2 fully saturated rings. The summed E-state index contributed by atoms with van der Waals surface area (Å²) in [5.74, 6) is -0.462. The first-order valence-corrected chi connectivity index (χ1v) is 4.47. The molecule has 0 saturated carbocycles. The zero-order valence-electron chi connectivity index (χ0n) is 7.13. The fourth-order valence-corrected chi connectivity index (χ4v) is 2.17. The number of fused-ring (bicyclic) bond motifs is 1. The summed E-state index contributed by atoms with van der Waals surface area (Å²) in [5, 5.41) is 28.2. The van der Waals surface area contributed by atoms with Crippen molar-refractivity contribution in [3.05, 3.63) is 0 Å². The first-order valence-electron chi connectivity index (χ1n) is 4.47. The Bertz CT molecular complexity index is 232. The summed E-state index contributed by atoms with van der Waals surface area (Å²) in [6.07, 6.45) is -1.88. The van der Waals surface area contributed by atoms with Gasteiger partial charge in [0, 0.05) is 6.54 Å². The Labute approximate surface area is 75.6 Å². The van der Waals surface area contributed by atoms with E-state index in [2.05, 4.69) is 0 Å². The molecule has 0 aliphatic carbocycles. The van der Waals surface area contributed by atoms with E-state index in [1.54, 1.807) is 0 Å². The van der Waals surface area contributed by atoms with Gasteiger partial charge >= 0.3 is 0 Å². The zero-order valence-corrected chi connectivity index (χ0v) is 7.13. The maximum Gasteiger partial charge on any atom is 0.254 e. The molecule has 2 aliphatic heterocycles. The highest BCUT2D eigenvalue weighted by molar-refractivity contribution is 5.84. The van der Waals surface area contributed by atoms with Crippen LogP contribution in [0.25, 0.3) is 0 Å². The second-order valence-electron chi connectivity index (χ2n) is 3.67. The van der Waals surface area contributed by atoms with Crippen LogP contribution in [0, 0.1) is 0 Å². The molecule has 2 saturated heterocycles. The van der Waals surface area contributed by atoms with Crippen molar-refractivity contribution >= 4 is 5.91 Å². The van der Waals surface area contributed by atoms with Crippen LogP contribution in [0.1, 0.15) is 12.8 Å². The van der Waals surface area contributed by atoms with E-state index in [4.69, 9.17) is 0 Å². The standard InChI is InChI=1S/C8H13NO4/c10-4-2-1-3-9-5(4)6(11)7(12)8(9)13/h4-7,10-12H,1-3H2/t4-,5+,6-,7+/m0/s1. The third-order valence-corrected chi connectivity index (χ3v) is 2.86. The lowest BCUT2D eigenvalue weighted by Gasteiger charge is -2.34. The lowest BCUT2D eigenvalue weighted by atomic mass is 9.97. The smallest absolute Gasteiger partial charge is 0.254 e. The normalized spacial score (nSPS) is 45.2. The van der Waals surface area contributed by atoms with Gasteiger partial charge in [-0.1, -0.05) is 0 Å². The number of hydrogen-bond acceptors (Lipinski definition) is 4. The highest BCUT2D eigenvalue weighted by atomic mass is 16.4. The number of nitrogens with zero attached hydrogens (tertiary/aromatic N) is 1. The van der Waals surface area contributed by atoms with E-state index in [-0.39, 0.29) is 0 Å². The Kier molecular flexibility index (Phi) is 2.02. The van der Waals surface area contributed by atoms with Gasteiger partial charge in [0.05, 0.1) is 12.1 Å². The van der Waals surface area contributed by atoms with Crippen molar-refractivity contribution < 1.29 is 20.1 Å². The van der Waals surface area contributed by atoms with Gasteiger partial charge in [-0.2, -0.15) is 0 Å². The molecule has 2 rings (SSSR count). The van der Waals surface area contributed by atoms with Crippen molar-refractivity contribution in [3.8, 4) is 0 Å². The average molecular weight is 187 g/mol. The molecule has 0 aromatic heterocycles. The SMILES string of the molecule is O=C1[C@H](O)[C@@H](O)[C@H]2[C@@H](O)CCCN12. The van der Waals surface area contributed by atoms with E-state index in [9.17, 15) is 20.1 Å². The number of hydrogen-bond donors (Lipinski definition) is 3. The summed E-state index contributed by atoms with van der Waals surface area (Å²) in [6.45, 7) is 0.522. The number of piperidine rings is 1. The third kappa shape index (κ3) is 1.15. The van der Waals surface area contributed by atoms with Crippen molar-refractivity contribution in [2.24, 2.45) is 0 Å². The van der Waals surface area contributed by atoms with Crippen LogP contribution in [0.5, 0.6) is 0 Å². The van der Waals surface area contributed by atoms with E-state index in [1.807, 2.05) is 0 Å². The Balaban J connectivity index is 2.24. The van der Waals surface area contributed by atoms with E-state index in [1.165, 1.54) is 4.90 Å². The van der Waals surface area contributed by atoms with Gasteiger partial charge in [0.25, 0.3) is 5.91 Å². The lowest BCUT2D eigenvalue weighted by Crippen LogP contribution is -2.49. The molecule has 0 unspecified atom stereocenters. The molecular weight excluding hydrogens is 174 g/mol. The third-order valence-electron chi connectivity index (χ3n) is 2.86.